The largest absolute Gasteiger partial charge is 0.350 e. The molecular formula is C15H22N6O2. The maximum Gasteiger partial charge on any atom is 0.276 e. The van der Waals surface area contributed by atoms with Crippen LogP contribution in [0.1, 0.15) is 41.7 Å². The molecule has 0 fully saturated rings. The van der Waals surface area contributed by atoms with Gasteiger partial charge in [-0.2, -0.15) is 10.2 Å². The summed E-state index contributed by atoms with van der Waals surface area (Å²) in [5, 5.41) is 13.8. The lowest BCUT2D eigenvalue weighted by atomic mass is 10.2. The minimum Gasteiger partial charge on any atom is -0.350 e. The number of nitrogens with zero attached hydrogens (tertiary/aromatic N) is 4. The van der Waals surface area contributed by atoms with Crippen LogP contribution in [0.15, 0.2) is 18.5 Å². The molecule has 2 aromatic heterocycles. The lowest BCUT2D eigenvalue weighted by Gasteiger charge is -2.07. The van der Waals surface area contributed by atoms with E-state index in [1.807, 2.05) is 20.8 Å². The van der Waals surface area contributed by atoms with Gasteiger partial charge >= 0.3 is 0 Å². The number of rotatable bonds is 6. The summed E-state index contributed by atoms with van der Waals surface area (Å²) in [5.41, 5.74) is 0.867. The van der Waals surface area contributed by atoms with Crippen molar-refractivity contribution >= 4 is 17.5 Å². The lowest BCUT2D eigenvalue weighted by Crippen LogP contribution is -2.28. The van der Waals surface area contributed by atoms with Crippen molar-refractivity contribution in [1.82, 2.24) is 24.9 Å². The second-order valence-electron chi connectivity index (χ2n) is 5.68. The van der Waals surface area contributed by atoms with Gasteiger partial charge in [-0.25, -0.2) is 0 Å². The fraction of sp³-hybridized carbons (Fsp3) is 0.467. The van der Waals surface area contributed by atoms with Gasteiger partial charge < -0.3 is 10.6 Å². The first-order valence-corrected chi connectivity index (χ1v) is 7.57. The van der Waals surface area contributed by atoms with Crippen LogP contribution in [-0.2, 0) is 13.6 Å². The Kier molecular flexibility index (Phi) is 5.15. The van der Waals surface area contributed by atoms with Gasteiger partial charge in [0.15, 0.2) is 11.4 Å². The molecule has 2 amide bonds. The predicted octanol–water partition coefficient (Wildman–Crippen LogP) is 1.27. The zero-order valence-electron chi connectivity index (χ0n) is 13.8. The molecule has 8 nitrogen and oxygen atoms in total. The summed E-state index contributed by atoms with van der Waals surface area (Å²) in [6.45, 7) is 7.08. The van der Waals surface area contributed by atoms with Crippen molar-refractivity contribution in [2.24, 2.45) is 13.0 Å². The fourth-order valence-electron chi connectivity index (χ4n) is 1.95. The Balaban J connectivity index is 2.18. The molecule has 0 aliphatic rings. The average molecular weight is 318 g/mol. The maximum absolute atomic E-state index is 12.3. The van der Waals surface area contributed by atoms with Crippen LogP contribution in [0.5, 0.6) is 0 Å². The van der Waals surface area contributed by atoms with Gasteiger partial charge in [-0.3, -0.25) is 19.0 Å². The monoisotopic (exact) mass is 318 g/mol. The number of aryl methyl sites for hydroxylation is 2. The Hall–Kier alpha value is -2.64. The third-order valence-corrected chi connectivity index (χ3v) is 3.17. The van der Waals surface area contributed by atoms with E-state index in [2.05, 4.69) is 20.8 Å². The highest BCUT2D eigenvalue weighted by molar-refractivity contribution is 6.07. The van der Waals surface area contributed by atoms with Crippen molar-refractivity contribution in [2.45, 2.75) is 27.3 Å². The number of carbonyl (C=O) groups excluding carboxylic acids is 2. The molecular weight excluding hydrogens is 296 g/mol. The molecule has 0 aromatic carbocycles. The molecule has 124 valence electrons. The van der Waals surface area contributed by atoms with Crippen molar-refractivity contribution in [3.8, 4) is 0 Å². The quantitative estimate of drug-likeness (QED) is 0.839. The summed E-state index contributed by atoms with van der Waals surface area (Å²) in [6, 6.07) is 1.61. The van der Waals surface area contributed by atoms with Crippen LogP contribution in [0.25, 0.3) is 0 Å². The molecule has 0 radical (unpaired) electrons. The van der Waals surface area contributed by atoms with Crippen molar-refractivity contribution < 1.29 is 9.59 Å². The summed E-state index contributed by atoms with van der Waals surface area (Å²) in [6.07, 6.45) is 3.33. The van der Waals surface area contributed by atoms with Gasteiger partial charge in [0.05, 0.1) is 5.69 Å². The second-order valence-corrected chi connectivity index (χ2v) is 5.68. The van der Waals surface area contributed by atoms with Crippen molar-refractivity contribution in [3.63, 3.8) is 0 Å². The van der Waals surface area contributed by atoms with Gasteiger partial charge in [0.2, 0.25) is 0 Å². The first-order valence-electron chi connectivity index (χ1n) is 7.57. The fourth-order valence-corrected chi connectivity index (χ4v) is 1.95. The smallest absolute Gasteiger partial charge is 0.276 e. The molecule has 2 aromatic rings. The molecule has 0 bridgehead atoms. The van der Waals surface area contributed by atoms with Gasteiger partial charge in [-0.15, -0.1) is 0 Å². The molecule has 2 N–H and O–H groups in total. The molecule has 0 saturated heterocycles. The van der Waals surface area contributed by atoms with Gasteiger partial charge in [-0.1, -0.05) is 13.8 Å². The standard InChI is InChI=1S/C15H22N6O2/c1-5-21-9-12(13(19-21)15(23)16-8-10(2)3)17-14(22)11-6-7-20(4)18-11/h6-7,9-10H,5,8H2,1-4H3,(H,16,23)(H,17,22). The number of nitrogens with one attached hydrogen (secondary N) is 2. The molecule has 2 rings (SSSR count). The summed E-state index contributed by atoms with van der Waals surface area (Å²) in [4.78, 5) is 24.5. The highest BCUT2D eigenvalue weighted by Gasteiger charge is 2.20. The van der Waals surface area contributed by atoms with Crippen molar-refractivity contribution in [3.05, 3.63) is 29.8 Å². The van der Waals surface area contributed by atoms with Crippen molar-refractivity contribution in [1.29, 1.82) is 0 Å². The zero-order valence-corrected chi connectivity index (χ0v) is 13.8. The van der Waals surface area contributed by atoms with E-state index in [9.17, 15) is 9.59 Å². The van der Waals surface area contributed by atoms with E-state index in [1.54, 1.807) is 34.9 Å². The maximum atomic E-state index is 12.3. The van der Waals surface area contributed by atoms with Crippen LogP contribution in [0.4, 0.5) is 5.69 Å². The van der Waals surface area contributed by atoms with Gasteiger partial charge in [0.25, 0.3) is 11.8 Å². The molecule has 0 atom stereocenters. The number of hydrogen-bond donors (Lipinski definition) is 2. The molecule has 23 heavy (non-hydrogen) atoms. The SMILES string of the molecule is CCn1cc(NC(=O)c2ccn(C)n2)c(C(=O)NCC(C)C)n1. The van der Waals surface area contributed by atoms with E-state index in [0.717, 1.165) is 0 Å². The topological polar surface area (TPSA) is 93.8 Å². The van der Waals surface area contributed by atoms with Gasteiger partial charge in [0.1, 0.15) is 0 Å². The Morgan fingerprint density at radius 1 is 1.26 bits per heavy atom. The normalized spacial score (nSPS) is 10.8. The third-order valence-electron chi connectivity index (χ3n) is 3.17. The highest BCUT2D eigenvalue weighted by atomic mass is 16.2. The molecule has 0 spiro atoms. The van der Waals surface area contributed by atoms with Gasteiger partial charge in [-0.05, 0) is 18.9 Å². The Morgan fingerprint density at radius 3 is 2.57 bits per heavy atom. The summed E-state index contributed by atoms with van der Waals surface area (Å²) in [7, 11) is 1.73. The van der Waals surface area contributed by atoms with Crippen LogP contribution in [-0.4, -0.2) is 37.9 Å². The van der Waals surface area contributed by atoms with Crippen LogP contribution >= 0.6 is 0 Å². The molecule has 2 heterocycles. The highest BCUT2D eigenvalue weighted by Crippen LogP contribution is 2.15. The molecule has 0 aliphatic carbocycles. The number of anilines is 1. The first-order chi connectivity index (χ1) is 10.9. The molecule has 0 saturated carbocycles. The lowest BCUT2D eigenvalue weighted by molar-refractivity contribution is 0.0944. The van der Waals surface area contributed by atoms with Crippen molar-refractivity contribution in [2.75, 3.05) is 11.9 Å². The minimum absolute atomic E-state index is 0.205. The Morgan fingerprint density at radius 2 is 2.00 bits per heavy atom. The second kappa shape index (κ2) is 7.08. The number of carbonyl (C=O) groups is 2. The summed E-state index contributed by atoms with van der Waals surface area (Å²) < 4.78 is 3.15. The van der Waals surface area contributed by atoms with Crippen LogP contribution in [0.2, 0.25) is 0 Å². The third kappa shape index (κ3) is 4.18. The zero-order chi connectivity index (χ0) is 17.0. The van der Waals surface area contributed by atoms with E-state index in [0.29, 0.717) is 24.7 Å². The first kappa shape index (κ1) is 16.7. The van der Waals surface area contributed by atoms with E-state index in [-0.39, 0.29) is 23.2 Å². The van der Waals surface area contributed by atoms with Crippen LogP contribution in [0, 0.1) is 5.92 Å². The van der Waals surface area contributed by atoms with E-state index in [1.165, 1.54) is 0 Å². The number of aromatic nitrogens is 4. The minimum atomic E-state index is -0.376. The predicted molar refractivity (Wildman–Crippen MR) is 86.2 cm³/mol. The Bertz CT molecular complexity index is 701. The van der Waals surface area contributed by atoms with E-state index >= 15 is 0 Å². The van der Waals surface area contributed by atoms with Gasteiger partial charge in [0, 0.05) is 32.5 Å². The van der Waals surface area contributed by atoms with E-state index < -0.39 is 0 Å². The number of hydrogen-bond acceptors (Lipinski definition) is 4. The van der Waals surface area contributed by atoms with Crippen LogP contribution in [0.3, 0.4) is 0 Å². The summed E-state index contributed by atoms with van der Waals surface area (Å²) >= 11 is 0. The number of amides is 2. The average Bonchev–Trinajstić information content (AvgIpc) is 3.11. The van der Waals surface area contributed by atoms with E-state index in [4.69, 9.17) is 0 Å². The Labute approximate surface area is 134 Å². The molecule has 0 aliphatic heterocycles. The van der Waals surface area contributed by atoms with Crippen LogP contribution < -0.4 is 10.6 Å². The molecule has 8 heteroatoms. The molecule has 0 unspecified atom stereocenters. The summed E-state index contributed by atoms with van der Waals surface area (Å²) in [5.74, 6) is -0.347.